The molecule has 0 spiro atoms. The van der Waals surface area contributed by atoms with Crippen molar-refractivity contribution >= 4 is 17.3 Å². The maximum absolute atomic E-state index is 11.9. The molecule has 2 aromatic rings. The third-order valence-corrected chi connectivity index (χ3v) is 4.96. The molecular weight excluding hydrogens is 284 g/mol. The lowest BCUT2D eigenvalue weighted by atomic mass is 9.77. The molecule has 2 rings (SSSR count). The zero-order valence-corrected chi connectivity index (χ0v) is 13.3. The molecule has 0 radical (unpaired) electrons. The fraction of sp³-hybridized carbons (Fsp3) is 0.375. The molecule has 0 aliphatic rings. The third kappa shape index (κ3) is 2.99. The van der Waals surface area contributed by atoms with E-state index >= 15 is 0 Å². The number of benzene rings is 1. The first-order valence-electron chi connectivity index (χ1n) is 6.82. The first kappa shape index (κ1) is 15.7. The van der Waals surface area contributed by atoms with E-state index in [2.05, 4.69) is 4.98 Å². The fourth-order valence-electron chi connectivity index (χ4n) is 2.32. The van der Waals surface area contributed by atoms with Crippen LogP contribution in [-0.4, -0.2) is 22.6 Å². The second kappa shape index (κ2) is 5.95. The molecule has 5 heteroatoms. The number of hydrogen-bond donors (Lipinski definition) is 2. The fourth-order valence-corrected chi connectivity index (χ4v) is 3.37. The first-order valence-corrected chi connectivity index (χ1v) is 7.64. The summed E-state index contributed by atoms with van der Waals surface area (Å²) in [6.07, 6.45) is 0.321. The summed E-state index contributed by atoms with van der Waals surface area (Å²) in [6, 6.07) is 7.54. The molecule has 0 aliphatic carbocycles. The van der Waals surface area contributed by atoms with Crippen LogP contribution in [0, 0.1) is 20.8 Å². The molecular formula is C16H20N2O2S. The van der Waals surface area contributed by atoms with Crippen LogP contribution in [0.15, 0.2) is 24.3 Å². The van der Waals surface area contributed by atoms with Gasteiger partial charge >= 0.3 is 5.97 Å². The molecule has 1 unspecified atom stereocenters. The van der Waals surface area contributed by atoms with Crippen molar-refractivity contribution in [1.29, 1.82) is 0 Å². The highest BCUT2D eigenvalue weighted by Gasteiger charge is 2.40. The van der Waals surface area contributed by atoms with E-state index in [-0.39, 0.29) is 6.54 Å². The monoisotopic (exact) mass is 304 g/mol. The molecule has 0 saturated heterocycles. The number of aryl methyl sites for hydroxylation is 3. The van der Waals surface area contributed by atoms with Gasteiger partial charge in [-0.1, -0.05) is 29.8 Å². The van der Waals surface area contributed by atoms with Crippen LogP contribution in [0.1, 0.15) is 26.7 Å². The van der Waals surface area contributed by atoms with Crippen molar-refractivity contribution in [3.63, 3.8) is 0 Å². The summed E-state index contributed by atoms with van der Waals surface area (Å²) in [4.78, 5) is 17.5. The van der Waals surface area contributed by atoms with Crippen LogP contribution in [0.3, 0.4) is 0 Å². The van der Waals surface area contributed by atoms with Crippen molar-refractivity contribution in [2.45, 2.75) is 32.6 Å². The normalized spacial score (nSPS) is 13.9. The van der Waals surface area contributed by atoms with Crippen LogP contribution in [0.25, 0.3) is 0 Å². The van der Waals surface area contributed by atoms with Crippen molar-refractivity contribution in [2.75, 3.05) is 6.54 Å². The smallest absolute Gasteiger partial charge is 0.315 e. The molecule has 1 heterocycles. The number of aromatic nitrogens is 1. The lowest BCUT2D eigenvalue weighted by Gasteiger charge is -2.27. The van der Waals surface area contributed by atoms with Gasteiger partial charge in [0.1, 0.15) is 5.41 Å². The van der Waals surface area contributed by atoms with Crippen molar-refractivity contribution < 1.29 is 9.90 Å². The highest BCUT2D eigenvalue weighted by molar-refractivity contribution is 7.11. The SMILES string of the molecule is Cc1ccc(C(CN)(Cc2nc(C)c(C)s2)C(=O)O)cc1. The molecule has 1 aromatic carbocycles. The number of aliphatic carboxylic acids is 1. The van der Waals surface area contributed by atoms with E-state index < -0.39 is 11.4 Å². The summed E-state index contributed by atoms with van der Waals surface area (Å²) in [5, 5.41) is 10.6. The molecule has 3 N–H and O–H groups in total. The summed E-state index contributed by atoms with van der Waals surface area (Å²) in [5.41, 5.74) is 7.52. The number of hydrogen-bond acceptors (Lipinski definition) is 4. The van der Waals surface area contributed by atoms with E-state index in [1.54, 1.807) is 11.3 Å². The van der Waals surface area contributed by atoms with Gasteiger partial charge in [-0.15, -0.1) is 11.3 Å². The molecule has 21 heavy (non-hydrogen) atoms. The average molecular weight is 304 g/mol. The molecule has 0 amide bonds. The van der Waals surface area contributed by atoms with Crippen molar-refractivity contribution in [2.24, 2.45) is 5.73 Å². The first-order chi connectivity index (χ1) is 9.89. The molecule has 0 fully saturated rings. The summed E-state index contributed by atoms with van der Waals surface area (Å²) in [5.74, 6) is -0.903. The number of carboxylic acids is 1. The highest BCUT2D eigenvalue weighted by atomic mass is 32.1. The van der Waals surface area contributed by atoms with Gasteiger partial charge in [-0.25, -0.2) is 4.98 Å². The Hall–Kier alpha value is -1.72. The van der Waals surface area contributed by atoms with Gasteiger partial charge in [0.2, 0.25) is 0 Å². The largest absolute Gasteiger partial charge is 0.481 e. The summed E-state index contributed by atoms with van der Waals surface area (Å²) >= 11 is 1.54. The summed E-state index contributed by atoms with van der Waals surface area (Å²) in [7, 11) is 0. The predicted octanol–water partition coefficient (Wildman–Crippen LogP) is 2.59. The van der Waals surface area contributed by atoms with Crippen molar-refractivity contribution in [3.8, 4) is 0 Å². The summed E-state index contributed by atoms with van der Waals surface area (Å²) in [6.45, 7) is 5.95. The highest BCUT2D eigenvalue weighted by Crippen LogP contribution is 2.31. The van der Waals surface area contributed by atoms with Gasteiger partial charge in [-0.2, -0.15) is 0 Å². The van der Waals surface area contributed by atoms with E-state index in [0.717, 1.165) is 26.7 Å². The van der Waals surface area contributed by atoms with Gasteiger partial charge < -0.3 is 10.8 Å². The number of nitrogens with zero attached hydrogens (tertiary/aromatic N) is 1. The number of nitrogens with two attached hydrogens (primary N) is 1. The van der Waals surface area contributed by atoms with Crippen LogP contribution in [-0.2, 0) is 16.6 Å². The Morgan fingerprint density at radius 2 is 1.90 bits per heavy atom. The Morgan fingerprint density at radius 1 is 1.29 bits per heavy atom. The second-order valence-corrected chi connectivity index (χ2v) is 6.67. The van der Waals surface area contributed by atoms with Crippen LogP contribution in [0.4, 0.5) is 0 Å². The molecule has 1 aromatic heterocycles. The van der Waals surface area contributed by atoms with Gasteiger partial charge in [0, 0.05) is 17.8 Å². The zero-order valence-electron chi connectivity index (χ0n) is 12.5. The minimum Gasteiger partial charge on any atom is -0.481 e. The Morgan fingerprint density at radius 3 is 2.33 bits per heavy atom. The average Bonchev–Trinajstić information content (AvgIpc) is 2.75. The van der Waals surface area contributed by atoms with Gasteiger partial charge in [0.25, 0.3) is 0 Å². The van der Waals surface area contributed by atoms with Gasteiger partial charge in [0.05, 0.1) is 10.7 Å². The van der Waals surface area contributed by atoms with E-state index in [1.807, 2.05) is 45.0 Å². The maximum atomic E-state index is 11.9. The third-order valence-electron chi connectivity index (χ3n) is 3.89. The Labute approximate surface area is 128 Å². The standard InChI is InChI=1S/C16H20N2O2S/c1-10-4-6-13(7-5-10)16(9-17,15(19)20)8-14-18-11(2)12(3)21-14/h4-7H,8-9,17H2,1-3H3,(H,19,20). The van der Waals surface area contributed by atoms with Gasteiger partial charge in [-0.3, -0.25) is 4.79 Å². The Kier molecular flexibility index (Phi) is 4.44. The molecule has 112 valence electrons. The van der Waals surface area contributed by atoms with E-state index in [4.69, 9.17) is 5.73 Å². The van der Waals surface area contributed by atoms with Crippen LogP contribution >= 0.6 is 11.3 Å². The van der Waals surface area contributed by atoms with Crippen molar-refractivity contribution in [1.82, 2.24) is 4.98 Å². The van der Waals surface area contributed by atoms with Crippen LogP contribution < -0.4 is 5.73 Å². The maximum Gasteiger partial charge on any atom is 0.315 e. The van der Waals surface area contributed by atoms with E-state index in [0.29, 0.717) is 6.42 Å². The Balaban J connectivity index is 2.46. The van der Waals surface area contributed by atoms with Crippen molar-refractivity contribution in [3.05, 3.63) is 51.0 Å². The molecule has 1 atom stereocenters. The van der Waals surface area contributed by atoms with Gasteiger partial charge in [0.15, 0.2) is 0 Å². The molecule has 0 saturated carbocycles. The number of carboxylic acid groups (broad SMARTS) is 1. The molecule has 4 nitrogen and oxygen atoms in total. The van der Waals surface area contributed by atoms with Crippen LogP contribution in [0.2, 0.25) is 0 Å². The second-order valence-electron chi connectivity index (χ2n) is 5.38. The summed E-state index contributed by atoms with van der Waals surface area (Å²) < 4.78 is 0. The number of rotatable bonds is 5. The Bertz CT molecular complexity index is 629. The minimum atomic E-state index is -1.12. The number of thiazole rings is 1. The quantitative estimate of drug-likeness (QED) is 0.890. The van der Waals surface area contributed by atoms with E-state index in [9.17, 15) is 9.90 Å². The van der Waals surface area contributed by atoms with E-state index in [1.165, 1.54) is 0 Å². The topological polar surface area (TPSA) is 76.2 Å². The number of carbonyl (C=O) groups is 1. The predicted molar refractivity (Wildman–Crippen MR) is 84.8 cm³/mol. The lowest BCUT2D eigenvalue weighted by molar-refractivity contribution is -0.143. The molecule has 0 aliphatic heterocycles. The lowest BCUT2D eigenvalue weighted by Crippen LogP contribution is -2.45. The zero-order chi connectivity index (χ0) is 15.6. The van der Waals surface area contributed by atoms with Crippen LogP contribution in [0.5, 0.6) is 0 Å². The van der Waals surface area contributed by atoms with Gasteiger partial charge in [-0.05, 0) is 26.3 Å². The minimum absolute atomic E-state index is 0.0447. The molecule has 0 bridgehead atoms.